The first-order valence-corrected chi connectivity index (χ1v) is 8.33. The zero-order valence-corrected chi connectivity index (χ0v) is 15.3. The SMILES string of the molecule is CC(=O)NC(CC(=O)Nc1ccc(N(C)C)cc1)c1cccc(Cl)c1. The van der Waals surface area contributed by atoms with Crippen LogP contribution in [0.2, 0.25) is 5.02 Å². The Morgan fingerprint density at radius 3 is 2.36 bits per heavy atom. The maximum absolute atomic E-state index is 12.4. The van der Waals surface area contributed by atoms with Crippen molar-refractivity contribution in [3.63, 3.8) is 0 Å². The molecular weight excluding hydrogens is 338 g/mol. The maximum Gasteiger partial charge on any atom is 0.226 e. The van der Waals surface area contributed by atoms with E-state index in [9.17, 15) is 9.59 Å². The van der Waals surface area contributed by atoms with E-state index in [0.29, 0.717) is 10.7 Å². The molecule has 2 amide bonds. The number of rotatable bonds is 6. The molecule has 0 aliphatic heterocycles. The summed E-state index contributed by atoms with van der Waals surface area (Å²) in [5.74, 6) is -0.385. The number of benzene rings is 2. The predicted octanol–water partition coefficient (Wildman–Crippen LogP) is 3.61. The molecule has 0 saturated carbocycles. The summed E-state index contributed by atoms with van der Waals surface area (Å²) < 4.78 is 0. The first-order chi connectivity index (χ1) is 11.8. The Balaban J connectivity index is 2.07. The number of hydrogen-bond donors (Lipinski definition) is 2. The summed E-state index contributed by atoms with van der Waals surface area (Å²) in [6.45, 7) is 1.43. The number of nitrogens with one attached hydrogen (secondary N) is 2. The molecule has 5 nitrogen and oxygen atoms in total. The third-order valence-corrected chi connectivity index (χ3v) is 3.92. The van der Waals surface area contributed by atoms with Gasteiger partial charge in [-0.2, -0.15) is 0 Å². The Hall–Kier alpha value is -2.53. The van der Waals surface area contributed by atoms with Crippen LogP contribution in [0.25, 0.3) is 0 Å². The molecule has 0 saturated heterocycles. The first kappa shape index (κ1) is 18.8. The van der Waals surface area contributed by atoms with Crippen LogP contribution in [0.4, 0.5) is 11.4 Å². The van der Waals surface area contributed by atoms with Crippen molar-refractivity contribution in [3.8, 4) is 0 Å². The molecule has 25 heavy (non-hydrogen) atoms. The van der Waals surface area contributed by atoms with Crippen molar-refractivity contribution in [3.05, 3.63) is 59.1 Å². The molecule has 0 bridgehead atoms. The number of hydrogen-bond acceptors (Lipinski definition) is 3. The molecule has 1 unspecified atom stereocenters. The standard InChI is InChI=1S/C19H22ClN3O2/c1-13(24)21-18(14-5-4-6-15(20)11-14)12-19(25)22-16-7-9-17(10-8-16)23(2)3/h4-11,18H,12H2,1-3H3,(H,21,24)(H,22,25). The lowest BCUT2D eigenvalue weighted by Crippen LogP contribution is -2.29. The van der Waals surface area contributed by atoms with Gasteiger partial charge in [0.05, 0.1) is 12.5 Å². The maximum atomic E-state index is 12.4. The average Bonchev–Trinajstić information content (AvgIpc) is 2.54. The normalized spacial score (nSPS) is 11.5. The molecule has 0 aliphatic rings. The minimum absolute atomic E-state index is 0.120. The fraction of sp³-hybridized carbons (Fsp3) is 0.263. The fourth-order valence-corrected chi connectivity index (χ4v) is 2.66. The van der Waals surface area contributed by atoms with Crippen LogP contribution in [0.3, 0.4) is 0 Å². The van der Waals surface area contributed by atoms with E-state index >= 15 is 0 Å². The topological polar surface area (TPSA) is 61.4 Å². The molecule has 0 aliphatic carbocycles. The highest BCUT2D eigenvalue weighted by molar-refractivity contribution is 6.30. The molecule has 2 aromatic rings. The van der Waals surface area contributed by atoms with Crippen LogP contribution in [0, 0.1) is 0 Å². The van der Waals surface area contributed by atoms with Gasteiger partial charge in [0.15, 0.2) is 0 Å². The van der Waals surface area contributed by atoms with Gasteiger partial charge < -0.3 is 15.5 Å². The molecule has 6 heteroatoms. The number of nitrogens with zero attached hydrogens (tertiary/aromatic N) is 1. The van der Waals surface area contributed by atoms with Crippen molar-refractivity contribution >= 4 is 34.8 Å². The molecule has 2 rings (SSSR count). The van der Waals surface area contributed by atoms with E-state index in [1.165, 1.54) is 6.92 Å². The lowest BCUT2D eigenvalue weighted by molar-refractivity contribution is -0.120. The van der Waals surface area contributed by atoms with Crippen molar-refractivity contribution in [2.45, 2.75) is 19.4 Å². The summed E-state index contributed by atoms with van der Waals surface area (Å²) in [5, 5.41) is 6.22. The van der Waals surface area contributed by atoms with Gasteiger partial charge in [-0.05, 0) is 42.0 Å². The van der Waals surface area contributed by atoms with Gasteiger partial charge in [-0.25, -0.2) is 0 Å². The summed E-state index contributed by atoms with van der Waals surface area (Å²) in [7, 11) is 3.91. The van der Waals surface area contributed by atoms with Crippen LogP contribution in [0.15, 0.2) is 48.5 Å². The zero-order chi connectivity index (χ0) is 18.4. The molecule has 0 heterocycles. The Morgan fingerprint density at radius 2 is 1.80 bits per heavy atom. The minimum atomic E-state index is -0.433. The number of anilines is 2. The van der Waals surface area contributed by atoms with Crippen LogP contribution in [0.5, 0.6) is 0 Å². The van der Waals surface area contributed by atoms with Crippen molar-refractivity contribution in [2.24, 2.45) is 0 Å². The summed E-state index contributed by atoms with van der Waals surface area (Å²) in [6, 6.07) is 14.3. The molecule has 2 aromatic carbocycles. The van der Waals surface area contributed by atoms with E-state index in [-0.39, 0.29) is 18.2 Å². The highest BCUT2D eigenvalue weighted by atomic mass is 35.5. The second-order valence-corrected chi connectivity index (χ2v) is 6.44. The van der Waals surface area contributed by atoms with Crippen molar-refractivity contribution in [1.82, 2.24) is 5.32 Å². The summed E-state index contributed by atoms with van der Waals surface area (Å²) in [6.07, 6.45) is 0.120. The number of amides is 2. The number of carbonyl (C=O) groups excluding carboxylic acids is 2. The third kappa shape index (κ3) is 5.80. The lowest BCUT2D eigenvalue weighted by Gasteiger charge is -2.18. The molecular formula is C19H22ClN3O2. The fourth-order valence-electron chi connectivity index (χ4n) is 2.46. The van der Waals surface area contributed by atoms with Gasteiger partial charge >= 0.3 is 0 Å². The van der Waals surface area contributed by atoms with Crippen LogP contribution in [-0.2, 0) is 9.59 Å². The van der Waals surface area contributed by atoms with Gasteiger partial charge in [0, 0.05) is 37.4 Å². The van der Waals surface area contributed by atoms with Gasteiger partial charge in [0.2, 0.25) is 11.8 Å². The van der Waals surface area contributed by atoms with Crippen LogP contribution in [0.1, 0.15) is 24.9 Å². The largest absolute Gasteiger partial charge is 0.378 e. The van der Waals surface area contributed by atoms with Gasteiger partial charge in [-0.3, -0.25) is 9.59 Å². The van der Waals surface area contributed by atoms with Crippen molar-refractivity contribution < 1.29 is 9.59 Å². The first-order valence-electron chi connectivity index (χ1n) is 7.95. The van der Waals surface area contributed by atoms with E-state index in [0.717, 1.165) is 11.3 Å². The van der Waals surface area contributed by atoms with E-state index < -0.39 is 6.04 Å². The molecule has 132 valence electrons. The number of halogens is 1. The van der Waals surface area contributed by atoms with Crippen LogP contribution >= 0.6 is 11.6 Å². The zero-order valence-electron chi connectivity index (χ0n) is 14.5. The molecule has 0 aromatic heterocycles. The van der Waals surface area contributed by atoms with Gasteiger partial charge in [0.1, 0.15) is 0 Å². The Morgan fingerprint density at radius 1 is 1.12 bits per heavy atom. The predicted molar refractivity (Wildman–Crippen MR) is 102 cm³/mol. The average molecular weight is 360 g/mol. The summed E-state index contributed by atoms with van der Waals surface area (Å²) in [5.41, 5.74) is 2.55. The van der Waals surface area contributed by atoms with E-state index in [2.05, 4.69) is 10.6 Å². The van der Waals surface area contributed by atoms with E-state index in [4.69, 9.17) is 11.6 Å². The second-order valence-electron chi connectivity index (χ2n) is 6.00. The molecule has 2 N–H and O–H groups in total. The Bertz CT molecular complexity index is 745. The Labute approximate surface area is 153 Å². The number of carbonyl (C=O) groups is 2. The highest BCUT2D eigenvalue weighted by Gasteiger charge is 2.17. The van der Waals surface area contributed by atoms with Gasteiger partial charge in [0.25, 0.3) is 0 Å². The third-order valence-electron chi connectivity index (χ3n) is 3.69. The molecule has 1 atom stereocenters. The minimum Gasteiger partial charge on any atom is -0.378 e. The van der Waals surface area contributed by atoms with Crippen molar-refractivity contribution in [2.75, 3.05) is 24.3 Å². The second kappa shape index (κ2) is 8.53. The summed E-state index contributed by atoms with van der Waals surface area (Å²) in [4.78, 5) is 25.8. The molecule has 0 spiro atoms. The van der Waals surface area contributed by atoms with Crippen LogP contribution < -0.4 is 15.5 Å². The monoisotopic (exact) mass is 359 g/mol. The Kier molecular flexibility index (Phi) is 6.42. The quantitative estimate of drug-likeness (QED) is 0.828. The summed E-state index contributed by atoms with van der Waals surface area (Å²) >= 11 is 6.01. The van der Waals surface area contributed by atoms with Crippen LogP contribution in [-0.4, -0.2) is 25.9 Å². The highest BCUT2D eigenvalue weighted by Crippen LogP contribution is 2.22. The van der Waals surface area contributed by atoms with Crippen molar-refractivity contribution in [1.29, 1.82) is 0 Å². The van der Waals surface area contributed by atoms with Gasteiger partial charge in [-0.15, -0.1) is 0 Å². The van der Waals surface area contributed by atoms with E-state index in [1.807, 2.05) is 49.3 Å². The smallest absolute Gasteiger partial charge is 0.226 e. The molecule has 0 fully saturated rings. The lowest BCUT2D eigenvalue weighted by atomic mass is 10.0. The van der Waals surface area contributed by atoms with Gasteiger partial charge in [-0.1, -0.05) is 23.7 Å². The molecule has 0 radical (unpaired) electrons. The van der Waals surface area contributed by atoms with E-state index in [1.54, 1.807) is 18.2 Å².